The summed E-state index contributed by atoms with van der Waals surface area (Å²) in [5, 5.41) is 5.03. The molecule has 1 aromatic heterocycles. The minimum atomic E-state index is -1.17. The van der Waals surface area contributed by atoms with Crippen LogP contribution in [0.1, 0.15) is 58.8 Å². The summed E-state index contributed by atoms with van der Waals surface area (Å²) in [6.45, 7) is 4.22. The van der Waals surface area contributed by atoms with Crippen molar-refractivity contribution >= 4 is 60.0 Å². The first-order chi connectivity index (χ1) is 19.4. The number of carbonyl (C=O) groups is 4. The van der Waals surface area contributed by atoms with Crippen LogP contribution < -0.4 is 21.1 Å². The quantitative estimate of drug-likeness (QED) is 0.200. The van der Waals surface area contributed by atoms with E-state index in [-0.39, 0.29) is 47.6 Å². The summed E-state index contributed by atoms with van der Waals surface area (Å²) in [4.78, 5) is 57.5. The molecule has 3 atom stereocenters. The number of imidazole rings is 1. The fraction of sp³-hybridized carbons (Fsp3) is 0.321. The normalized spacial score (nSPS) is 17.1. The zero-order chi connectivity index (χ0) is 29.9. The van der Waals surface area contributed by atoms with Crippen LogP contribution in [0.15, 0.2) is 48.9 Å². The lowest BCUT2D eigenvalue weighted by Crippen LogP contribution is -2.56. The molecule has 0 spiro atoms. The summed E-state index contributed by atoms with van der Waals surface area (Å²) in [6, 6.07) is 6.29. The van der Waals surface area contributed by atoms with E-state index in [1.54, 1.807) is 32.0 Å². The highest BCUT2D eigenvalue weighted by Gasteiger charge is 2.47. The second-order valence-electron chi connectivity index (χ2n) is 10.1. The third-order valence-electron chi connectivity index (χ3n) is 6.58. The van der Waals surface area contributed by atoms with Gasteiger partial charge in [0.15, 0.2) is 11.9 Å². The first-order valence-corrected chi connectivity index (χ1v) is 13.0. The van der Waals surface area contributed by atoms with Gasteiger partial charge in [-0.25, -0.2) is 9.37 Å². The number of hydrogen-bond acceptors (Lipinski definition) is 8. The molecule has 0 bridgehead atoms. The largest absolute Gasteiger partial charge is 0.484 e. The molecule has 11 nitrogen and oxygen atoms in total. The standard InChI is InChI=1S/C28H29ClFN5O6.2ClH/c1-14(36)15-5-7-22-18(8-15)24(35-26(38)16-4-6-20(30)19(29)9-16)25(28(2,3)41-22)40-23(37)12-33-27(39)21(31)10-17-11-32-13-34-17;;/h4-9,11,13,21,24-25H,10,12,31H2,1-3H3,(H,32,34)(H,33,39)(H,35,38);2*1H/t21-,24-,25-;;/m0../s1. The van der Waals surface area contributed by atoms with Gasteiger partial charge in [-0.2, -0.15) is 0 Å². The molecule has 0 unspecified atom stereocenters. The Morgan fingerprint density at radius 1 is 1.16 bits per heavy atom. The van der Waals surface area contributed by atoms with Gasteiger partial charge in [0, 0.05) is 35.0 Å². The SMILES string of the molecule is CC(=O)c1ccc2c(c1)[C@H](NC(=O)c1ccc(F)c(Cl)c1)[C@H](OC(=O)CNC(=O)[C@@H](N)Cc1cnc[nH]1)C(C)(C)O2.Cl.Cl. The molecule has 4 rings (SSSR count). The molecule has 0 radical (unpaired) electrons. The van der Waals surface area contributed by atoms with E-state index in [0.717, 1.165) is 6.07 Å². The van der Waals surface area contributed by atoms with E-state index in [0.29, 0.717) is 22.6 Å². The molecule has 232 valence electrons. The van der Waals surface area contributed by atoms with Gasteiger partial charge in [-0.15, -0.1) is 24.8 Å². The zero-order valence-corrected chi connectivity index (χ0v) is 25.7. The van der Waals surface area contributed by atoms with Gasteiger partial charge in [0.25, 0.3) is 5.91 Å². The molecule has 0 fully saturated rings. The number of nitrogens with one attached hydrogen (secondary N) is 3. The van der Waals surface area contributed by atoms with E-state index in [1.807, 2.05) is 0 Å². The number of hydrogen-bond donors (Lipinski definition) is 4. The predicted octanol–water partition coefficient (Wildman–Crippen LogP) is 3.49. The van der Waals surface area contributed by atoms with Crippen molar-refractivity contribution in [3.63, 3.8) is 0 Å². The third kappa shape index (κ3) is 8.44. The molecule has 1 aliphatic rings. The van der Waals surface area contributed by atoms with E-state index in [9.17, 15) is 23.6 Å². The van der Waals surface area contributed by atoms with E-state index in [4.69, 9.17) is 26.8 Å². The lowest BCUT2D eigenvalue weighted by Gasteiger charge is -2.44. The summed E-state index contributed by atoms with van der Waals surface area (Å²) in [5.74, 6) is -2.57. The average Bonchev–Trinajstić information content (AvgIpc) is 3.43. The van der Waals surface area contributed by atoms with E-state index < -0.39 is 53.9 Å². The molecule has 0 saturated carbocycles. The van der Waals surface area contributed by atoms with Crippen molar-refractivity contribution in [2.45, 2.75) is 51.0 Å². The highest BCUT2D eigenvalue weighted by molar-refractivity contribution is 6.31. The topological polar surface area (TPSA) is 165 Å². The van der Waals surface area contributed by atoms with Crippen LogP contribution in [0.5, 0.6) is 5.75 Å². The number of ketones is 1. The second-order valence-corrected chi connectivity index (χ2v) is 10.5. The Hall–Kier alpha value is -3.71. The number of carbonyl (C=O) groups excluding carboxylic acids is 4. The minimum absolute atomic E-state index is 0. The highest BCUT2D eigenvalue weighted by atomic mass is 35.5. The van der Waals surface area contributed by atoms with Crippen LogP contribution in [0.3, 0.4) is 0 Å². The molecule has 15 heteroatoms. The Labute approximate surface area is 264 Å². The van der Waals surface area contributed by atoms with Gasteiger partial charge in [-0.1, -0.05) is 11.6 Å². The molecule has 0 aliphatic carbocycles. The summed E-state index contributed by atoms with van der Waals surface area (Å²) in [5.41, 5.74) is 6.21. The Balaban J connectivity index is 0.00000323. The van der Waals surface area contributed by atoms with E-state index in [2.05, 4.69) is 20.6 Å². The van der Waals surface area contributed by atoms with Crippen LogP contribution in [-0.4, -0.2) is 57.8 Å². The summed E-state index contributed by atoms with van der Waals surface area (Å²) in [6.07, 6.45) is 2.07. The van der Waals surface area contributed by atoms with Crippen molar-refractivity contribution in [1.82, 2.24) is 20.6 Å². The number of amides is 2. The van der Waals surface area contributed by atoms with Gasteiger partial charge in [-0.05, 0) is 57.2 Å². The number of aromatic nitrogens is 2. The van der Waals surface area contributed by atoms with Crippen molar-refractivity contribution in [3.05, 3.63) is 82.1 Å². The van der Waals surface area contributed by atoms with Crippen molar-refractivity contribution in [2.24, 2.45) is 5.73 Å². The van der Waals surface area contributed by atoms with Gasteiger partial charge in [0.2, 0.25) is 5.91 Å². The number of rotatable bonds is 9. The monoisotopic (exact) mass is 657 g/mol. The fourth-order valence-electron chi connectivity index (χ4n) is 4.43. The summed E-state index contributed by atoms with van der Waals surface area (Å²) >= 11 is 5.87. The van der Waals surface area contributed by atoms with Crippen LogP contribution in [0, 0.1) is 5.82 Å². The van der Waals surface area contributed by atoms with Crippen molar-refractivity contribution < 1.29 is 33.0 Å². The van der Waals surface area contributed by atoms with Crippen LogP contribution in [0.25, 0.3) is 0 Å². The zero-order valence-electron chi connectivity index (χ0n) is 23.3. The Kier molecular flexibility index (Phi) is 12.1. The number of esters is 1. The Morgan fingerprint density at radius 3 is 2.49 bits per heavy atom. The van der Waals surface area contributed by atoms with Crippen LogP contribution in [0.2, 0.25) is 5.02 Å². The molecule has 5 N–H and O–H groups in total. The van der Waals surface area contributed by atoms with E-state index in [1.165, 1.54) is 31.6 Å². The smallest absolute Gasteiger partial charge is 0.325 e. The number of halogens is 4. The Morgan fingerprint density at radius 2 is 1.86 bits per heavy atom. The highest BCUT2D eigenvalue weighted by Crippen LogP contribution is 2.42. The van der Waals surface area contributed by atoms with Gasteiger partial charge in [0.1, 0.15) is 23.7 Å². The molecular formula is C28H31Cl3FN5O6. The number of H-pyrrole nitrogens is 1. The van der Waals surface area contributed by atoms with Crippen LogP contribution in [-0.2, 0) is 20.7 Å². The van der Waals surface area contributed by atoms with Crippen LogP contribution >= 0.6 is 36.4 Å². The number of nitrogens with two attached hydrogens (primary N) is 1. The molecule has 2 aromatic carbocycles. The lowest BCUT2D eigenvalue weighted by atomic mass is 9.85. The molecule has 1 aliphatic heterocycles. The average molecular weight is 659 g/mol. The van der Waals surface area contributed by atoms with Crippen LogP contribution in [0.4, 0.5) is 4.39 Å². The van der Waals surface area contributed by atoms with Crippen molar-refractivity contribution in [3.8, 4) is 5.75 Å². The number of benzene rings is 2. The molecule has 2 heterocycles. The van der Waals surface area contributed by atoms with Gasteiger partial charge < -0.3 is 30.8 Å². The summed E-state index contributed by atoms with van der Waals surface area (Å²) in [7, 11) is 0. The first kappa shape index (κ1) is 35.5. The molecular weight excluding hydrogens is 628 g/mol. The Bertz CT molecular complexity index is 1490. The summed E-state index contributed by atoms with van der Waals surface area (Å²) < 4.78 is 25.6. The fourth-order valence-corrected chi connectivity index (χ4v) is 4.61. The second kappa shape index (κ2) is 14.6. The maximum absolute atomic E-state index is 13.7. The number of aromatic amines is 1. The molecule has 0 saturated heterocycles. The number of fused-ring (bicyclic) bond motifs is 1. The van der Waals surface area contributed by atoms with Gasteiger partial charge in [-0.3, -0.25) is 19.2 Å². The van der Waals surface area contributed by atoms with Gasteiger partial charge in [0.05, 0.1) is 23.4 Å². The van der Waals surface area contributed by atoms with E-state index >= 15 is 0 Å². The predicted molar refractivity (Wildman–Crippen MR) is 160 cm³/mol. The van der Waals surface area contributed by atoms with Crippen molar-refractivity contribution in [1.29, 1.82) is 0 Å². The maximum atomic E-state index is 13.7. The lowest BCUT2D eigenvalue weighted by molar-refractivity contribution is -0.164. The van der Waals surface area contributed by atoms with Crippen molar-refractivity contribution in [2.75, 3.05) is 6.54 Å². The van der Waals surface area contributed by atoms with Gasteiger partial charge >= 0.3 is 5.97 Å². The molecule has 43 heavy (non-hydrogen) atoms. The maximum Gasteiger partial charge on any atom is 0.325 e. The first-order valence-electron chi connectivity index (χ1n) is 12.7. The number of ether oxygens (including phenoxy) is 2. The third-order valence-corrected chi connectivity index (χ3v) is 6.87. The molecule has 2 amide bonds. The molecule has 3 aromatic rings. The number of Topliss-reactive ketones (excluding diaryl/α,β-unsaturated/α-hetero) is 1. The number of nitrogens with zero attached hydrogens (tertiary/aromatic N) is 1. The minimum Gasteiger partial charge on any atom is -0.484 e.